The first-order chi connectivity index (χ1) is 27.8. The normalized spacial score (nSPS) is 23.0. The van der Waals surface area contributed by atoms with Crippen molar-refractivity contribution in [2.75, 3.05) is 31.1 Å². The van der Waals surface area contributed by atoms with Gasteiger partial charge in [-0.05, 0) is 169 Å². The van der Waals surface area contributed by atoms with Crippen LogP contribution >= 0.6 is 15.9 Å². The molecule has 308 valence electrons. The van der Waals surface area contributed by atoms with Crippen molar-refractivity contribution in [3.63, 3.8) is 0 Å². The number of aryl methyl sites for hydroxylation is 2. The number of hydrogen-bond donors (Lipinski definition) is 0. The van der Waals surface area contributed by atoms with Crippen LogP contribution in [0.1, 0.15) is 143 Å². The van der Waals surface area contributed by atoms with Crippen LogP contribution in [0, 0.1) is 64.5 Å². The number of piperazine rings is 1. The molecule has 0 amide bonds. The molecule has 0 bridgehead atoms. The maximum Gasteiger partial charge on any atom is 0.150 e. The van der Waals surface area contributed by atoms with Crippen LogP contribution in [0.4, 0.5) is 10.1 Å². The molecule has 6 rings (SSSR count). The fourth-order valence-electron chi connectivity index (χ4n) is 11.0. The van der Waals surface area contributed by atoms with Gasteiger partial charge in [0, 0.05) is 53.9 Å². The number of carbonyl (C=O) groups is 1. The Labute approximate surface area is 357 Å². The molecule has 3 fully saturated rings. The fraction of sp³-hybridized carbons (Fsp3) is 0.549. The van der Waals surface area contributed by atoms with Crippen LogP contribution in [-0.4, -0.2) is 48.4 Å². The number of benzene rings is 2. The van der Waals surface area contributed by atoms with Crippen molar-refractivity contribution in [3.05, 3.63) is 98.0 Å². The number of rotatable bonds is 13. The molecule has 2 aliphatic carbocycles. The van der Waals surface area contributed by atoms with Gasteiger partial charge in [0.1, 0.15) is 23.9 Å². The van der Waals surface area contributed by atoms with Crippen LogP contribution in [-0.2, 0) is 12.8 Å². The maximum atomic E-state index is 14.8. The second-order valence-electron chi connectivity index (χ2n) is 18.6. The van der Waals surface area contributed by atoms with E-state index >= 15 is 0 Å². The number of pyridine rings is 1. The van der Waals surface area contributed by atoms with E-state index < -0.39 is 0 Å². The molecular weight excluding hydrogens is 783 g/mol. The van der Waals surface area contributed by atoms with E-state index in [9.17, 15) is 14.4 Å². The van der Waals surface area contributed by atoms with Crippen LogP contribution in [0.2, 0.25) is 0 Å². The zero-order valence-electron chi connectivity index (χ0n) is 36.1. The summed E-state index contributed by atoms with van der Waals surface area (Å²) < 4.78 is 15.7. The Balaban J connectivity index is 1.02. The summed E-state index contributed by atoms with van der Waals surface area (Å²) in [6.07, 6.45) is 15.3. The molecule has 7 heteroatoms. The summed E-state index contributed by atoms with van der Waals surface area (Å²) >= 11 is 3.60. The average Bonchev–Trinajstić information content (AvgIpc) is 3.21. The van der Waals surface area contributed by atoms with Gasteiger partial charge in [-0.3, -0.25) is 9.69 Å². The summed E-state index contributed by atoms with van der Waals surface area (Å²) in [6, 6.07) is 16.6. The van der Waals surface area contributed by atoms with Gasteiger partial charge in [-0.15, -0.1) is 0 Å². The molecule has 2 heterocycles. The van der Waals surface area contributed by atoms with E-state index in [4.69, 9.17) is 4.98 Å². The molecule has 5 nitrogen and oxygen atoms in total. The fourth-order valence-corrected chi connectivity index (χ4v) is 11.5. The summed E-state index contributed by atoms with van der Waals surface area (Å²) in [6.45, 7) is 19.6. The Hall–Kier alpha value is -3.78. The highest BCUT2D eigenvalue weighted by atomic mass is 79.9. The first-order valence-electron chi connectivity index (χ1n) is 21.9. The third-order valence-electron chi connectivity index (χ3n) is 14.2. The van der Waals surface area contributed by atoms with Gasteiger partial charge >= 0.3 is 0 Å². The molecule has 0 N–H and O–H groups in total. The lowest BCUT2D eigenvalue weighted by Gasteiger charge is -2.65. The maximum absolute atomic E-state index is 14.8. The molecule has 3 aromatic rings. The number of nitriles is 1. The number of halogens is 2. The van der Waals surface area contributed by atoms with E-state index in [0.717, 1.165) is 106 Å². The Morgan fingerprint density at radius 1 is 0.983 bits per heavy atom. The Bertz CT molecular complexity index is 2050. The molecule has 1 saturated heterocycles. The van der Waals surface area contributed by atoms with Crippen LogP contribution in [0.3, 0.4) is 0 Å². The molecule has 1 aliphatic heterocycles. The first kappa shape index (κ1) is 43.8. The lowest BCUT2D eigenvalue weighted by atomic mass is 9.39. The lowest BCUT2D eigenvalue weighted by Crippen LogP contribution is -2.60. The van der Waals surface area contributed by atoms with Gasteiger partial charge in [0.15, 0.2) is 0 Å². The molecule has 0 radical (unpaired) electrons. The van der Waals surface area contributed by atoms with Gasteiger partial charge in [0.05, 0.1) is 11.3 Å². The number of allylic oxidation sites excluding steroid dienone is 2. The van der Waals surface area contributed by atoms with E-state index in [2.05, 4.69) is 116 Å². The standard InChI is InChI=1S/C51H64BrFN4O/c1-8-9-12-35(2)43-24-21-41(20-16-37-17-22-42(23-18-37)56-25-27-57(28-26-56)47-29-36(3)40(34-58)32-45(47)53)55-46(43)13-10-11-14-48-50(4,5)49(51(48,6)7)31-38-15-19-39(33-54)44(52)30-38/h12,15,19,21,24,29-30,32,34,37,42,48-49H,8-11,13-14,17-18,22-23,25-28,31H2,1-7H3/b35-12+. The van der Waals surface area contributed by atoms with Crippen molar-refractivity contribution in [1.82, 2.24) is 9.88 Å². The van der Waals surface area contributed by atoms with E-state index in [1.807, 2.05) is 19.1 Å². The van der Waals surface area contributed by atoms with Gasteiger partial charge in [0.2, 0.25) is 0 Å². The Morgan fingerprint density at radius 3 is 2.36 bits per heavy atom. The van der Waals surface area contributed by atoms with Crippen LogP contribution < -0.4 is 4.90 Å². The number of unbranched alkanes of at least 4 members (excludes halogenated alkanes) is 2. The number of carbonyl (C=O) groups excluding carboxylic acids is 1. The molecule has 2 saturated carbocycles. The minimum Gasteiger partial charge on any atom is -0.367 e. The number of anilines is 1. The summed E-state index contributed by atoms with van der Waals surface area (Å²) in [7, 11) is 0. The summed E-state index contributed by atoms with van der Waals surface area (Å²) in [4.78, 5) is 21.2. The monoisotopic (exact) mass is 846 g/mol. The second kappa shape index (κ2) is 19.1. The highest BCUT2D eigenvalue weighted by Crippen LogP contribution is 2.66. The van der Waals surface area contributed by atoms with Crippen molar-refractivity contribution in [2.24, 2.45) is 28.6 Å². The third-order valence-corrected chi connectivity index (χ3v) is 14.9. The minimum absolute atomic E-state index is 0.253. The molecule has 58 heavy (non-hydrogen) atoms. The molecule has 1 aromatic heterocycles. The summed E-state index contributed by atoms with van der Waals surface area (Å²) in [5.74, 6) is 8.46. The highest BCUT2D eigenvalue weighted by Gasteiger charge is 2.60. The minimum atomic E-state index is -0.308. The van der Waals surface area contributed by atoms with E-state index in [1.54, 1.807) is 0 Å². The summed E-state index contributed by atoms with van der Waals surface area (Å²) in [5.41, 5.74) is 9.02. The van der Waals surface area contributed by atoms with Crippen molar-refractivity contribution >= 4 is 33.5 Å². The third kappa shape index (κ3) is 9.80. The smallest absolute Gasteiger partial charge is 0.150 e. The SMILES string of the molecule is CCC/C=C(\C)c1ccc(C#CC2CCC(N3CCN(c4cc(C)c(C=O)cc4F)CC3)CC2)nc1CCCCC1C(C)(C)C(Cc2ccc(C#N)c(Br)c2)C1(C)C. The largest absolute Gasteiger partial charge is 0.367 e. The van der Waals surface area contributed by atoms with Gasteiger partial charge in [-0.1, -0.05) is 71.6 Å². The summed E-state index contributed by atoms with van der Waals surface area (Å²) in [5, 5.41) is 9.37. The van der Waals surface area contributed by atoms with Gasteiger partial charge in [-0.25, -0.2) is 9.37 Å². The molecule has 2 aromatic carbocycles. The second-order valence-corrected chi connectivity index (χ2v) is 19.4. The van der Waals surface area contributed by atoms with Crippen molar-refractivity contribution in [3.8, 4) is 17.9 Å². The Morgan fingerprint density at radius 2 is 1.71 bits per heavy atom. The Kier molecular flexibility index (Phi) is 14.4. The van der Waals surface area contributed by atoms with Gasteiger partial charge in [-0.2, -0.15) is 5.26 Å². The van der Waals surface area contributed by atoms with Gasteiger partial charge < -0.3 is 4.90 Å². The van der Waals surface area contributed by atoms with Crippen LogP contribution in [0.25, 0.3) is 5.57 Å². The predicted octanol–water partition coefficient (Wildman–Crippen LogP) is 12.2. The molecule has 0 unspecified atom stereocenters. The number of aromatic nitrogens is 1. The zero-order chi connectivity index (χ0) is 41.6. The van der Waals surface area contributed by atoms with E-state index in [-0.39, 0.29) is 16.6 Å². The van der Waals surface area contributed by atoms with Crippen LogP contribution in [0.15, 0.2) is 53.0 Å². The molecule has 0 atom stereocenters. The topological polar surface area (TPSA) is 60.2 Å². The van der Waals surface area contributed by atoms with Gasteiger partial charge in [0.25, 0.3) is 0 Å². The zero-order valence-corrected chi connectivity index (χ0v) is 37.7. The first-order valence-corrected chi connectivity index (χ1v) is 22.7. The molecule has 0 spiro atoms. The van der Waals surface area contributed by atoms with E-state index in [0.29, 0.717) is 40.6 Å². The van der Waals surface area contributed by atoms with E-state index in [1.165, 1.54) is 41.3 Å². The van der Waals surface area contributed by atoms with Crippen LogP contribution in [0.5, 0.6) is 0 Å². The number of aldehydes is 1. The van der Waals surface area contributed by atoms with Crippen molar-refractivity contribution in [1.29, 1.82) is 5.26 Å². The molecular formula is C51H64BrFN4O. The quantitative estimate of drug-likeness (QED) is 0.0974. The van der Waals surface area contributed by atoms with Crippen molar-refractivity contribution < 1.29 is 9.18 Å². The number of nitrogens with zero attached hydrogens (tertiary/aromatic N) is 4. The highest BCUT2D eigenvalue weighted by molar-refractivity contribution is 9.10. The number of hydrogen-bond acceptors (Lipinski definition) is 5. The average molecular weight is 848 g/mol. The predicted molar refractivity (Wildman–Crippen MR) is 240 cm³/mol. The van der Waals surface area contributed by atoms with Crippen molar-refractivity contribution in [2.45, 2.75) is 125 Å². The molecule has 3 aliphatic rings. The lowest BCUT2D eigenvalue weighted by molar-refractivity contribution is -0.165.